The van der Waals surface area contributed by atoms with Crippen LogP contribution in [0, 0.1) is 5.92 Å². The van der Waals surface area contributed by atoms with E-state index in [1.165, 1.54) is 6.42 Å². The van der Waals surface area contributed by atoms with Gasteiger partial charge in [-0.1, -0.05) is 19.8 Å². The van der Waals surface area contributed by atoms with Crippen LogP contribution in [0.3, 0.4) is 0 Å². The molecule has 1 saturated heterocycles. The molecule has 2 aliphatic rings. The molecule has 4 nitrogen and oxygen atoms in total. The quantitative estimate of drug-likeness (QED) is 0.828. The molecule has 1 unspecified atom stereocenters. The largest absolute Gasteiger partial charge is 0.316 e. The fraction of sp³-hybridized carbons (Fsp3) is 1.00. The van der Waals surface area contributed by atoms with Crippen LogP contribution < -0.4 is 5.32 Å². The molecule has 0 amide bonds. The average Bonchev–Trinajstić information content (AvgIpc) is 2.91. The van der Waals surface area contributed by atoms with E-state index in [1.807, 2.05) is 6.92 Å². The van der Waals surface area contributed by atoms with Crippen LogP contribution in [0.2, 0.25) is 0 Å². The average molecular weight is 274 g/mol. The van der Waals surface area contributed by atoms with Gasteiger partial charge in [0.05, 0.1) is 5.25 Å². The van der Waals surface area contributed by atoms with E-state index in [2.05, 4.69) is 5.32 Å². The molecule has 2 rings (SSSR count). The lowest BCUT2D eigenvalue weighted by atomic mass is 10.00. The SMILES string of the molecule is CCN(CC1CCCNC1)S(=O)(=O)C1CCCC1. The number of sulfonamides is 1. The summed E-state index contributed by atoms with van der Waals surface area (Å²) in [4.78, 5) is 0. The van der Waals surface area contributed by atoms with Crippen LogP contribution in [0.5, 0.6) is 0 Å². The molecule has 1 aliphatic carbocycles. The van der Waals surface area contributed by atoms with Crippen LogP contribution in [0.15, 0.2) is 0 Å². The van der Waals surface area contributed by atoms with Gasteiger partial charge in [-0.25, -0.2) is 12.7 Å². The first-order valence-corrected chi connectivity index (χ1v) is 8.84. The summed E-state index contributed by atoms with van der Waals surface area (Å²) in [5.74, 6) is 0.495. The van der Waals surface area contributed by atoms with E-state index in [0.29, 0.717) is 19.0 Å². The zero-order valence-electron chi connectivity index (χ0n) is 11.4. The third-order valence-electron chi connectivity index (χ3n) is 4.30. The molecule has 0 radical (unpaired) electrons. The molecular weight excluding hydrogens is 248 g/mol. The molecule has 18 heavy (non-hydrogen) atoms. The highest BCUT2D eigenvalue weighted by Crippen LogP contribution is 2.28. The van der Waals surface area contributed by atoms with Crippen molar-refractivity contribution in [3.05, 3.63) is 0 Å². The minimum Gasteiger partial charge on any atom is -0.316 e. The number of hydrogen-bond acceptors (Lipinski definition) is 3. The summed E-state index contributed by atoms with van der Waals surface area (Å²) in [5, 5.41) is 3.26. The minimum absolute atomic E-state index is 0.103. The van der Waals surface area contributed by atoms with Gasteiger partial charge in [0, 0.05) is 13.1 Å². The van der Waals surface area contributed by atoms with Crippen molar-refractivity contribution in [2.45, 2.75) is 50.7 Å². The van der Waals surface area contributed by atoms with Gasteiger partial charge in [0.15, 0.2) is 0 Å². The van der Waals surface area contributed by atoms with E-state index in [4.69, 9.17) is 0 Å². The lowest BCUT2D eigenvalue weighted by molar-refractivity contribution is 0.295. The van der Waals surface area contributed by atoms with Gasteiger partial charge in [0.25, 0.3) is 0 Å². The smallest absolute Gasteiger partial charge is 0.216 e. The number of nitrogens with one attached hydrogen (secondary N) is 1. The van der Waals surface area contributed by atoms with Crippen molar-refractivity contribution >= 4 is 10.0 Å². The highest BCUT2D eigenvalue weighted by atomic mass is 32.2. The number of hydrogen-bond donors (Lipinski definition) is 1. The van der Waals surface area contributed by atoms with Crippen LogP contribution in [-0.2, 0) is 10.0 Å². The Kier molecular flexibility index (Phi) is 5.04. The van der Waals surface area contributed by atoms with Crippen molar-refractivity contribution in [2.24, 2.45) is 5.92 Å². The predicted molar refractivity (Wildman–Crippen MR) is 74.0 cm³/mol. The van der Waals surface area contributed by atoms with Gasteiger partial charge in [0.1, 0.15) is 0 Å². The Hall–Kier alpha value is -0.130. The molecule has 0 bridgehead atoms. The zero-order chi connectivity index (χ0) is 13.0. The summed E-state index contributed by atoms with van der Waals surface area (Å²) < 4.78 is 26.8. The number of rotatable bonds is 5. The fourth-order valence-electron chi connectivity index (χ4n) is 3.18. The molecule has 1 saturated carbocycles. The molecule has 106 valence electrons. The second kappa shape index (κ2) is 6.35. The van der Waals surface area contributed by atoms with Crippen molar-refractivity contribution in [2.75, 3.05) is 26.2 Å². The van der Waals surface area contributed by atoms with Crippen LogP contribution in [0.4, 0.5) is 0 Å². The van der Waals surface area contributed by atoms with Crippen molar-refractivity contribution in [1.29, 1.82) is 0 Å². The van der Waals surface area contributed by atoms with Crippen molar-refractivity contribution in [3.8, 4) is 0 Å². The molecule has 5 heteroatoms. The maximum Gasteiger partial charge on any atom is 0.216 e. The van der Waals surface area contributed by atoms with Crippen LogP contribution in [0.25, 0.3) is 0 Å². The zero-order valence-corrected chi connectivity index (χ0v) is 12.2. The molecule has 0 aromatic heterocycles. The first kappa shape index (κ1) is 14.3. The van der Waals surface area contributed by atoms with Crippen molar-refractivity contribution in [1.82, 2.24) is 9.62 Å². The topological polar surface area (TPSA) is 49.4 Å². The highest BCUT2D eigenvalue weighted by molar-refractivity contribution is 7.89. The number of piperidine rings is 1. The Morgan fingerprint density at radius 1 is 1.17 bits per heavy atom. The molecule has 0 aromatic carbocycles. The third-order valence-corrected chi connectivity index (χ3v) is 6.74. The minimum atomic E-state index is -3.04. The molecule has 0 spiro atoms. The van der Waals surface area contributed by atoms with E-state index in [9.17, 15) is 8.42 Å². The first-order chi connectivity index (χ1) is 8.64. The molecular formula is C13H26N2O2S. The Bertz CT molecular complexity index is 344. The molecule has 1 atom stereocenters. The van der Waals surface area contributed by atoms with E-state index < -0.39 is 10.0 Å². The van der Waals surface area contributed by atoms with Gasteiger partial charge in [-0.15, -0.1) is 0 Å². The Balaban J connectivity index is 1.97. The van der Waals surface area contributed by atoms with Gasteiger partial charge >= 0.3 is 0 Å². The van der Waals surface area contributed by atoms with Gasteiger partial charge in [-0.2, -0.15) is 0 Å². The Morgan fingerprint density at radius 3 is 2.44 bits per heavy atom. The molecule has 1 heterocycles. The van der Waals surface area contributed by atoms with Gasteiger partial charge in [-0.3, -0.25) is 0 Å². The van der Waals surface area contributed by atoms with E-state index in [0.717, 1.165) is 45.2 Å². The summed E-state index contributed by atoms with van der Waals surface area (Å²) in [6.07, 6.45) is 6.21. The van der Waals surface area contributed by atoms with Crippen LogP contribution in [-0.4, -0.2) is 44.2 Å². The van der Waals surface area contributed by atoms with E-state index in [-0.39, 0.29) is 5.25 Å². The monoisotopic (exact) mass is 274 g/mol. The summed E-state index contributed by atoms with van der Waals surface area (Å²) in [6.45, 7) is 5.34. The summed E-state index contributed by atoms with van der Waals surface area (Å²) >= 11 is 0. The maximum atomic E-state index is 12.5. The lowest BCUT2D eigenvalue weighted by Crippen LogP contribution is -2.43. The summed E-state index contributed by atoms with van der Waals surface area (Å²) in [6, 6.07) is 0. The Morgan fingerprint density at radius 2 is 1.89 bits per heavy atom. The van der Waals surface area contributed by atoms with E-state index >= 15 is 0 Å². The first-order valence-electron chi connectivity index (χ1n) is 7.34. The van der Waals surface area contributed by atoms with E-state index in [1.54, 1.807) is 4.31 Å². The lowest BCUT2D eigenvalue weighted by Gasteiger charge is -2.30. The molecule has 0 aromatic rings. The normalized spacial score (nSPS) is 26.9. The predicted octanol–water partition coefficient (Wildman–Crippen LogP) is 1.58. The summed E-state index contributed by atoms with van der Waals surface area (Å²) in [7, 11) is -3.04. The second-order valence-electron chi connectivity index (χ2n) is 5.61. The van der Waals surface area contributed by atoms with Crippen LogP contribution in [0.1, 0.15) is 45.4 Å². The van der Waals surface area contributed by atoms with Gasteiger partial charge < -0.3 is 5.32 Å². The standard InChI is InChI=1S/C13H26N2O2S/c1-2-15(11-12-6-5-9-14-10-12)18(16,17)13-7-3-4-8-13/h12-14H,2-11H2,1H3. The Labute approximate surface area is 111 Å². The van der Waals surface area contributed by atoms with Crippen molar-refractivity contribution in [3.63, 3.8) is 0 Å². The highest BCUT2D eigenvalue weighted by Gasteiger charge is 2.34. The van der Waals surface area contributed by atoms with Crippen molar-refractivity contribution < 1.29 is 8.42 Å². The third kappa shape index (κ3) is 3.25. The van der Waals surface area contributed by atoms with Crippen LogP contribution >= 0.6 is 0 Å². The molecule has 1 aliphatic heterocycles. The number of nitrogens with zero attached hydrogens (tertiary/aromatic N) is 1. The summed E-state index contributed by atoms with van der Waals surface area (Å²) in [5.41, 5.74) is 0. The fourth-order valence-corrected chi connectivity index (χ4v) is 5.31. The van der Waals surface area contributed by atoms with Gasteiger partial charge in [0.2, 0.25) is 10.0 Å². The maximum absolute atomic E-state index is 12.5. The molecule has 1 N–H and O–H groups in total. The van der Waals surface area contributed by atoms with Gasteiger partial charge in [-0.05, 0) is 44.7 Å². The molecule has 2 fully saturated rings. The second-order valence-corrected chi connectivity index (χ2v) is 7.83.